The Morgan fingerprint density at radius 1 is 1.42 bits per heavy atom. The molecule has 0 aliphatic carbocycles. The molecule has 3 heteroatoms. The zero-order valence-corrected chi connectivity index (χ0v) is 9.78. The predicted octanol–water partition coefficient (Wildman–Crippen LogP) is 3.34. The Labute approximate surface area is 88.4 Å². The second-order valence-electron chi connectivity index (χ2n) is 2.59. The van der Waals surface area contributed by atoms with Crippen molar-refractivity contribution in [3.05, 3.63) is 32.7 Å². The molecule has 0 N–H and O–H groups in total. The van der Waals surface area contributed by atoms with Crippen LogP contribution in [-0.2, 0) is 11.2 Å². The first kappa shape index (κ1) is 9.93. The fourth-order valence-electron chi connectivity index (χ4n) is 0.953. The molecule has 0 aliphatic rings. The minimum atomic E-state index is 0.175. The molecular weight excluding hydrogens is 284 g/mol. The van der Waals surface area contributed by atoms with Crippen molar-refractivity contribution < 1.29 is 4.79 Å². The maximum atomic E-state index is 10.8. The number of carbonyl (C=O) groups is 1. The third kappa shape index (κ3) is 2.42. The molecule has 0 aromatic heterocycles. The van der Waals surface area contributed by atoms with Crippen LogP contribution in [0.4, 0.5) is 0 Å². The van der Waals surface area contributed by atoms with Crippen LogP contribution in [0.1, 0.15) is 12.5 Å². The van der Waals surface area contributed by atoms with Crippen LogP contribution in [0.25, 0.3) is 0 Å². The van der Waals surface area contributed by atoms with Gasteiger partial charge in [-0.3, -0.25) is 4.79 Å². The lowest BCUT2D eigenvalue weighted by molar-refractivity contribution is -0.116. The zero-order chi connectivity index (χ0) is 9.14. The summed E-state index contributed by atoms with van der Waals surface area (Å²) in [5.74, 6) is 0.175. The summed E-state index contributed by atoms with van der Waals surface area (Å²) in [5, 5.41) is 0. The Bertz CT molecular complexity index is 307. The van der Waals surface area contributed by atoms with Crippen molar-refractivity contribution in [1.82, 2.24) is 0 Å². The highest BCUT2D eigenvalue weighted by molar-refractivity contribution is 9.13. The molecule has 0 saturated heterocycles. The minimum absolute atomic E-state index is 0.175. The van der Waals surface area contributed by atoms with Crippen molar-refractivity contribution in [2.45, 2.75) is 13.3 Å². The van der Waals surface area contributed by atoms with Gasteiger partial charge >= 0.3 is 0 Å². The first-order chi connectivity index (χ1) is 5.61. The highest BCUT2D eigenvalue weighted by atomic mass is 79.9. The van der Waals surface area contributed by atoms with Crippen molar-refractivity contribution in [1.29, 1.82) is 0 Å². The van der Waals surface area contributed by atoms with Crippen LogP contribution in [0.5, 0.6) is 0 Å². The van der Waals surface area contributed by atoms with E-state index in [4.69, 9.17) is 0 Å². The predicted molar refractivity (Wildman–Crippen MR) is 56.2 cm³/mol. The summed E-state index contributed by atoms with van der Waals surface area (Å²) in [6.45, 7) is 1.59. The SMILES string of the molecule is CC(=O)Cc1cccc(Br)c1Br. The topological polar surface area (TPSA) is 17.1 Å². The summed E-state index contributed by atoms with van der Waals surface area (Å²) < 4.78 is 1.96. The van der Waals surface area contributed by atoms with E-state index >= 15 is 0 Å². The molecular formula is C9H8Br2O. The maximum Gasteiger partial charge on any atom is 0.134 e. The number of hydrogen-bond acceptors (Lipinski definition) is 1. The van der Waals surface area contributed by atoms with Crippen LogP contribution in [0.2, 0.25) is 0 Å². The molecule has 1 aromatic carbocycles. The van der Waals surface area contributed by atoms with E-state index in [9.17, 15) is 4.79 Å². The molecule has 0 spiro atoms. The number of carbonyl (C=O) groups excluding carboxylic acids is 1. The van der Waals surface area contributed by atoms with Crippen molar-refractivity contribution in [2.24, 2.45) is 0 Å². The fraction of sp³-hybridized carbons (Fsp3) is 0.222. The van der Waals surface area contributed by atoms with E-state index in [-0.39, 0.29) is 5.78 Å². The molecule has 0 heterocycles. The Kier molecular flexibility index (Phi) is 3.47. The Balaban J connectivity index is 3.00. The minimum Gasteiger partial charge on any atom is -0.300 e. The monoisotopic (exact) mass is 290 g/mol. The number of benzene rings is 1. The van der Waals surface area contributed by atoms with Crippen molar-refractivity contribution in [3.8, 4) is 0 Å². The second kappa shape index (κ2) is 4.19. The van der Waals surface area contributed by atoms with E-state index in [0.717, 1.165) is 14.5 Å². The molecule has 0 aliphatic heterocycles. The van der Waals surface area contributed by atoms with E-state index in [1.165, 1.54) is 0 Å². The Morgan fingerprint density at radius 2 is 2.08 bits per heavy atom. The highest BCUT2D eigenvalue weighted by Crippen LogP contribution is 2.26. The molecule has 0 atom stereocenters. The largest absolute Gasteiger partial charge is 0.300 e. The van der Waals surface area contributed by atoms with Gasteiger partial charge in [-0.05, 0) is 50.4 Å². The van der Waals surface area contributed by atoms with Gasteiger partial charge in [0, 0.05) is 15.4 Å². The molecule has 1 aromatic rings. The Hall–Kier alpha value is -0.150. The quantitative estimate of drug-likeness (QED) is 0.817. The van der Waals surface area contributed by atoms with Gasteiger partial charge < -0.3 is 0 Å². The first-order valence-electron chi connectivity index (χ1n) is 3.53. The molecule has 12 heavy (non-hydrogen) atoms. The fourth-order valence-corrected chi connectivity index (χ4v) is 1.76. The number of rotatable bonds is 2. The van der Waals surface area contributed by atoms with E-state index in [1.54, 1.807) is 6.92 Å². The van der Waals surface area contributed by atoms with Crippen LogP contribution >= 0.6 is 31.9 Å². The summed E-state index contributed by atoms with van der Waals surface area (Å²) >= 11 is 6.79. The van der Waals surface area contributed by atoms with Gasteiger partial charge in [0.25, 0.3) is 0 Å². The van der Waals surface area contributed by atoms with Gasteiger partial charge in [0.05, 0.1) is 0 Å². The van der Waals surface area contributed by atoms with Crippen LogP contribution in [0, 0.1) is 0 Å². The average Bonchev–Trinajstić information content (AvgIpc) is 1.98. The average molecular weight is 292 g/mol. The van der Waals surface area contributed by atoms with E-state index in [2.05, 4.69) is 31.9 Å². The third-order valence-electron chi connectivity index (χ3n) is 1.47. The Morgan fingerprint density at radius 3 is 2.67 bits per heavy atom. The molecule has 0 fully saturated rings. The molecule has 64 valence electrons. The molecule has 0 saturated carbocycles. The first-order valence-corrected chi connectivity index (χ1v) is 5.12. The smallest absolute Gasteiger partial charge is 0.134 e. The summed E-state index contributed by atoms with van der Waals surface area (Å²) in [4.78, 5) is 10.8. The molecule has 0 unspecified atom stereocenters. The van der Waals surface area contributed by atoms with Gasteiger partial charge in [0.15, 0.2) is 0 Å². The lowest BCUT2D eigenvalue weighted by atomic mass is 10.1. The normalized spacial score (nSPS) is 9.92. The summed E-state index contributed by atoms with van der Waals surface area (Å²) in [6.07, 6.45) is 0.486. The van der Waals surface area contributed by atoms with Gasteiger partial charge in [-0.15, -0.1) is 0 Å². The van der Waals surface area contributed by atoms with Crippen molar-refractivity contribution >= 4 is 37.6 Å². The third-order valence-corrected chi connectivity index (χ3v) is 3.60. The summed E-state index contributed by atoms with van der Waals surface area (Å²) in [5.41, 5.74) is 1.02. The second-order valence-corrected chi connectivity index (χ2v) is 4.24. The molecule has 1 rings (SSSR count). The van der Waals surface area contributed by atoms with Crippen LogP contribution in [-0.4, -0.2) is 5.78 Å². The highest BCUT2D eigenvalue weighted by Gasteiger charge is 2.04. The van der Waals surface area contributed by atoms with E-state index in [1.807, 2.05) is 18.2 Å². The number of halogens is 2. The summed E-state index contributed by atoms with van der Waals surface area (Å²) in [6, 6.07) is 5.80. The van der Waals surface area contributed by atoms with Gasteiger partial charge in [0.1, 0.15) is 5.78 Å². The van der Waals surface area contributed by atoms with Crippen LogP contribution < -0.4 is 0 Å². The standard InChI is InChI=1S/C9H8Br2O/c1-6(12)5-7-3-2-4-8(10)9(7)11/h2-4H,5H2,1H3. The number of Topliss-reactive ketones (excluding diaryl/α,β-unsaturated/α-hetero) is 1. The van der Waals surface area contributed by atoms with Gasteiger partial charge in [-0.1, -0.05) is 12.1 Å². The zero-order valence-electron chi connectivity index (χ0n) is 6.60. The molecule has 0 amide bonds. The number of ketones is 1. The van der Waals surface area contributed by atoms with Crippen LogP contribution in [0.15, 0.2) is 27.1 Å². The van der Waals surface area contributed by atoms with Crippen LogP contribution in [0.3, 0.4) is 0 Å². The van der Waals surface area contributed by atoms with Gasteiger partial charge in [-0.2, -0.15) is 0 Å². The molecule has 0 bridgehead atoms. The van der Waals surface area contributed by atoms with E-state index < -0.39 is 0 Å². The maximum absolute atomic E-state index is 10.8. The molecule has 0 radical (unpaired) electrons. The lowest BCUT2D eigenvalue weighted by Gasteiger charge is -2.02. The molecule has 1 nitrogen and oxygen atoms in total. The summed E-state index contributed by atoms with van der Waals surface area (Å²) in [7, 11) is 0. The van der Waals surface area contributed by atoms with Gasteiger partial charge in [0.2, 0.25) is 0 Å². The van der Waals surface area contributed by atoms with Crippen molar-refractivity contribution in [3.63, 3.8) is 0 Å². The number of hydrogen-bond donors (Lipinski definition) is 0. The van der Waals surface area contributed by atoms with Gasteiger partial charge in [-0.25, -0.2) is 0 Å². The van der Waals surface area contributed by atoms with Crippen molar-refractivity contribution in [2.75, 3.05) is 0 Å². The lowest BCUT2D eigenvalue weighted by Crippen LogP contribution is -1.97. The van der Waals surface area contributed by atoms with E-state index in [0.29, 0.717) is 6.42 Å².